The summed E-state index contributed by atoms with van der Waals surface area (Å²) in [6, 6.07) is 14.1. The lowest BCUT2D eigenvalue weighted by molar-refractivity contribution is -0.134. The summed E-state index contributed by atoms with van der Waals surface area (Å²) >= 11 is 0. The number of hydrogen-bond acceptors (Lipinski definition) is 5. The van der Waals surface area contributed by atoms with Crippen molar-refractivity contribution in [3.05, 3.63) is 64.4 Å². The van der Waals surface area contributed by atoms with Crippen LogP contribution in [0.25, 0.3) is 10.9 Å². The molecule has 1 aromatic heterocycles. The standard InChI is InChI=1S/C19H19N5O3/c1-13-7-9-14(10-8-13)20-17(25)11-23(2)18(26)12-24-19(27)15-5-3-4-6-16(15)21-22-24/h3-10H,11-12H2,1-2H3,(H,20,25). The minimum Gasteiger partial charge on any atom is -0.335 e. The molecular weight excluding hydrogens is 346 g/mol. The van der Waals surface area contributed by atoms with Crippen LogP contribution in [0.5, 0.6) is 0 Å². The second kappa shape index (κ2) is 7.77. The third-order valence-corrected chi connectivity index (χ3v) is 4.06. The molecule has 2 aromatic carbocycles. The third-order valence-electron chi connectivity index (χ3n) is 4.06. The monoisotopic (exact) mass is 365 g/mol. The molecule has 0 fully saturated rings. The normalized spacial score (nSPS) is 10.6. The fraction of sp³-hybridized carbons (Fsp3) is 0.211. The number of rotatable bonds is 5. The smallest absolute Gasteiger partial charge is 0.278 e. The molecule has 0 radical (unpaired) electrons. The second-order valence-electron chi connectivity index (χ2n) is 6.23. The Kier molecular flexibility index (Phi) is 5.25. The van der Waals surface area contributed by atoms with Gasteiger partial charge < -0.3 is 10.2 Å². The Hall–Kier alpha value is -3.55. The molecule has 27 heavy (non-hydrogen) atoms. The van der Waals surface area contributed by atoms with Crippen molar-refractivity contribution in [2.24, 2.45) is 0 Å². The number of nitrogens with one attached hydrogen (secondary N) is 1. The summed E-state index contributed by atoms with van der Waals surface area (Å²) in [7, 11) is 1.50. The van der Waals surface area contributed by atoms with Crippen LogP contribution in [0.4, 0.5) is 5.69 Å². The van der Waals surface area contributed by atoms with Crippen LogP contribution >= 0.6 is 0 Å². The van der Waals surface area contributed by atoms with E-state index in [0.717, 1.165) is 10.2 Å². The van der Waals surface area contributed by atoms with Crippen molar-refractivity contribution in [2.45, 2.75) is 13.5 Å². The zero-order valence-electron chi connectivity index (χ0n) is 15.0. The van der Waals surface area contributed by atoms with Gasteiger partial charge in [-0.05, 0) is 31.2 Å². The predicted octanol–water partition coefficient (Wildman–Crippen LogP) is 1.20. The first-order chi connectivity index (χ1) is 12.9. The number of fused-ring (bicyclic) bond motifs is 1. The van der Waals surface area contributed by atoms with Crippen LogP contribution < -0.4 is 10.9 Å². The highest BCUT2D eigenvalue weighted by Crippen LogP contribution is 2.08. The van der Waals surface area contributed by atoms with Crippen LogP contribution in [0.3, 0.4) is 0 Å². The highest BCUT2D eigenvalue weighted by atomic mass is 16.2. The van der Waals surface area contributed by atoms with Gasteiger partial charge in [0.2, 0.25) is 11.8 Å². The Balaban J connectivity index is 1.63. The van der Waals surface area contributed by atoms with Crippen LogP contribution in [0.15, 0.2) is 53.3 Å². The molecule has 3 rings (SSSR count). The van der Waals surface area contributed by atoms with Gasteiger partial charge in [-0.1, -0.05) is 35.0 Å². The number of aromatic nitrogens is 3. The first-order valence-corrected chi connectivity index (χ1v) is 8.37. The molecule has 0 spiro atoms. The fourth-order valence-electron chi connectivity index (χ4n) is 2.52. The Morgan fingerprint density at radius 1 is 1.11 bits per heavy atom. The summed E-state index contributed by atoms with van der Waals surface area (Å²) in [5.74, 6) is -0.743. The molecule has 0 aliphatic carbocycles. The zero-order chi connectivity index (χ0) is 19.4. The Morgan fingerprint density at radius 2 is 1.81 bits per heavy atom. The molecule has 1 N–H and O–H groups in total. The van der Waals surface area contributed by atoms with Crippen molar-refractivity contribution >= 4 is 28.4 Å². The number of anilines is 1. The van der Waals surface area contributed by atoms with E-state index in [1.54, 1.807) is 36.4 Å². The molecule has 0 aliphatic rings. The maximum absolute atomic E-state index is 12.4. The molecule has 8 nitrogen and oxygen atoms in total. The van der Waals surface area contributed by atoms with Gasteiger partial charge in [-0.3, -0.25) is 14.4 Å². The highest BCUT2D eigenvalue weighted by molar-refractivity contribution is 5.94. The molecule has 0 saturated carbocycles. The first-order valence-electron chi connectivity index (χ1n) is 8.37. The summed E-state index contributed by atoms with van der Waals surface area (Å²) in [6.45, 7) is 1.53. The summed E-state index contributed by atoms with van der Waals surface area (Å²) in [5, 5.41) is 10.8. The maximum atomic E-state index is 12.4. The van der Waals surface area contributed by atoms with Gasteiger partial charge in [0.05, 0.1) is 11.9 Å². The largest absolute Gasteiger partial charge is 0.335 e. The molecule has 138 valence electrons. The number of carbonyl (C=O) groups is 2. The van der Waals surface area contributed by atoms with Gasteiger partial charge in [0, 0.05) is 12.7 Å². The molecular formula is C19H19N5O3. The average molecular weight is 365 g/mol. The Morgan fingerprint density at radius 3 is 2.56 bits per heavy atom. The Bertz CT molecular complexity index is 1040. The zero-order valence-corrected chi connectivity index (χ0v) is 15.0. The summed E-state index contributed by atoms with van der Waals surface area (Å²) in [5.41, 5.74) is 1.81. The molecule has 0 saturated heterocycles. The molecule has 2 amide bonds. The topological polar surface area (TPSA) is 97.2 Å². The summed E-state index contributed by atoms with van der Waals surface area (Å²) < 4.78 is 0.999. The molecule has 0 aliphatic heterocycles. The lowest BCUT2D eigenvalue weighted by Crippen LogP contribution is -2.39. The first kappa shape index (κ1) is 18.2. The van der Waals surface area contributed by atoms with E-state index in [0.29, 0.717) is 16.6 Å². The van der Waals surface area contributed by atoms with Crippen LogP contribution in [0, 0.1) is 6.92 Å². The van der Waals surface area contributed by atoms with Crippen molar-refractivity contribution in [3.63, 3.8) is 0 Å². The Labute approximate surface area is 155 Å². The number of carbonyl (C=O) groups excluding carboxylic acids is 2. The lowest BCUT2D eigenvalue weighted by Gasteiger charge is -2.17. The number of aryl methyl sites for hydroxylation is 1. The van der Waals surface area contributed by atoms with E-state index in [2.05, 4.69) is 15.6 Å². The number of nitrogens with zero attached hydrogens (tertiary/aromatic N) is 4. The van der Waals surface area contributed by atoms with Gasteiger partial charge in [0.1, 0.15) is 12.1 Å². The molecule has 0 atom stereocenters. The van der Waals surface area contributed by atoms with Crippen LogP contribution in [0.1, 0.15) is 5.56 Å². The van der Waals surface area contributed by atoms with Crippen molar-refractivity contribution < 1.29 is 9.59 Å². The lowest BCUT2D eigenvalue weighted by atomic mass is 10.2. The van der Waals surface area contributed by atoms with Crippen molar-refractivity contribution in [3.8, 4) is 0 Å². The van der Waals surface area contributed by atoms with Crippen molar-refractivity contribution in [2.75, 3.05) is 18.9 Å². The van der Waals surface area contributed by atoms with E-state index in [1.807, 2.05) is 19.1 Å². The predicted molar refractivity (Wildman–Crippen MR) is 101 cm³/mol. The van der Waals surface area contributed by atoms with E-state index in [4.69, 9.17) is 0 Å². The van der Waals surface area contributed by atoms with Crippen molar-refractivity contribution in [1.29, 1.82) is 0 Å². The van der Waals surface area contributed by atoms with E-state index in [9.17, 15) is 14.4 Å². The quantitative estimate of drug-likeness (QED) is 0.733. The van der Waals surface area contributed by atoms with Gasteiger partial charge in [-0.25, -0.2) is 4.68 Å². The number of amides is 2. The number of likely N-dealkylation sites (N-methyl/N-ethyl adjacent to an activating group) is 1. The highest BCUT2D eigenvalue weighted by Gasteiger charge is 2.16. The van der Waals surface area contributed by atoms with Gasteiger partial charge >= 0.3 is 0 Å². The third kappa shape index (κ3) is 4.35. The molecule has 0 unspecified atom stereocenters. The van der Waals surface area contributed by atoms with E-state index >= 15 is 0 Å². The van der Waals surface area contributed by atoms with Crippen LogP contribution in [0.2, 0.25) is 0 Å². The van der Waals surface area contributed by atoms with E-state index in [-0.39, 0.29) is 19.0 Å². The fourth-order valence-corrected chi connectivity index (χ4v) is 2.52. The summed E-state index contributed by atoms with van der Waals surface area (Å²) in [4.78, 5) is 38.1. The molecule has 8 heteroatoms. The van der Waals surface area contributed by atoms with Crippen LogP contribution in [-0.4, -0.2) is 45.3 Å². The molecule has 0 bridgehead atoms. The van der Waals surface area contributed by atoms with Crippen molar-refractivity contribution in [1.82, 2.24) is 19.9 Å². The summed E-state index contributed by atoms with van der Waals surface area (Å²) in [6.07, 6.45) is 0. The van der Waals surface area contributed by atoms with Gasteiger partial charge in [0.15, 0.2) is 0 Å². The van der Waals surface area contributed by atoms with Gasteiger partial charge in [0.25, 0.3) is 5.56 Å². The second-order valence-corrected chi connectivity index (χ2v) is 6.23. The van der Waals surface area contributed by atoms with E-state index < -0.39 is 11.5 Å². The number of benzene rings is 2. The van der Waals surface area contributed by atoms with Crippen LogP contribution in [-0.2, 0) is 16.1 Å². The average Bonchev–Trinajstić information content (AvgIpc) is 2.66. The minimum absolute atomic E-state index is 0.136. The van der Waals surface area contributed by atoms with Gasteiger partial charge in [-0.2, -0.15) is 0 Å². The van der Waals surface area contributed by atoms with Gasteiger partial charge in [-0.15, -0.1) is 5.10 Å². The number of hydrogen-bond donors (Lipinski definition) is 1. The maximum Gasteiger partial charge on any atom is 0.278 e. The minimum atomic E-state index is -0.416. The SMILES string of the molecule is Cc1ccc(NC(=O)CN(C)C(=O)Cn2nnc3ccccc3c2=O)cc1. The molecule has 3 aromatic rings. The molecule has 1 heterocycles. The van der Waals surface area contributed by atoms with E-state index in [1.165, 1.54) is 11.9 Å².